The van der Waals surface area contributed by atoms with Gasteiger partial charge in [0.2, 0.25) is 5.91 Å². The van der Waals surface area contributed by atoms with Crippen LogP contribution in [0.4, 0.5) is 0 Å². The Balaban J connectivity index is 0.00000312. The Morgan fingerprint density at radius 1 is 1.24 bits per heavy atom. The van der Waals surface area contributed by atoms with Crippen LogP contribution in [0.3, 0.4) is 0 Å². The highest BCUT2D eigenvalue weighted by Gasteiger charge is 2.15. The molecule has 2 rings (SSSR count). The second-order valence-electron chi connectivity index (χ2n) is 6.06. The van der Waals surface area contributed by atoms with Crippen LogP contribution in [0.1, 0.15) is 41.8 Å². The first-order valence-corrected chi connectivity index (χ1v) is 9.64. The molecule has 0 unspecified atom stereocenters. The Morgan fingerprint density at radius 3 is 2.56 bits per heavy atom. The number of piperidine rings is 1. The van der Waals surface area contributed by atoms with Gasteiger partial charge in [0.15, 0.2) is 5.96 Å². The van der Waals surface area contributed by atoms with Gasteiger partial charge in [0.25, 0.3) is 0 Å². The molecule has 0 saturated carbocycles. The number of aryl methyl sites for hydroxylation is 2. The first kappa shape index (κ1) is 22.1. The van der Waals surface area contributed by atoms with E-state index in [0.29, 0.717) is 5.96 Å². The van der Waals surface area contributed by atoms with Gasteiger partial charge in [-0.2, -0.15) is 0 Å². The van der Waals surface area contributed by atoms with Crippen LogP contribution in [-0.4, -0.2) is 54.5 Å². The number of thiazole rings is 1. The van der Waals surface area contributed by atoms with Crippen molar-refractivity contribution in [2.24, 2.45) is 4.99 Å². The number of nitrogens with one attached hydrogen (secondary N) is 2. The standard InChI is InChI=1S/C17H29N5OS.HI/c1-4-18-17(19-9-8-15-21-13(2)14(3)24-15)20-12-16(23)22-10-6-5-7-11-22;/h4-12H2,1-3H3,(H2,18,19,20);1H. The minimum atomic E-state index is 0. The molecule has 1 saturated heterocycles. The molecule has 0 aromatic carbocycles. The van der Waals surface area contributed by atoms with Gasteiger partial charge in [-0.3, -0.25) is 4.79 Å². The Morgan fingerprint density at radius 2 is 1.96 bits per heavy atom. The molecule has 0 radical (unpaired) electrons. The average Bonchev–Trinajstić information content (AvgIpc) is 2.91. The normalized spacial score (nSPS) is 14.8. The summed E-state index contributed by atoms with van der Waals surface area (Å²) in [5.41, 5.74) is 1.11. The molecule has 1 aromatic rings. The summed E-state index contributed by atoms with van der Waals surface area (Å²) in [6.07, 6.45) is 4.32. The molecule has 6 nitrogen and oxygen atoms in total. The van der Waals surface area contributed by atoms with Crippen LogP contribution >= 0.6 is 35.3 Å². The zero-order chi connectivity index (χ0) is 17.4. The van der Waals surface area contributed by atoms with E-state index in [0.717, 1.165) is 56.1 Å². The number of rotatable bonds is 6. The Kier molecular flexibility index (Phi) is 10.3. The molecule has 8 heteroatoms. The van der Waals surface area contributed by atoms with E-state index in [1.165, 1.54) is 11.3 Å². The van der Waals surface area contributed by atoms with Crippen molar-refractivity contribution in [1.29, 1.82) is 0 Å². The molecule has 0 atom stereocenters. The highest BCUT2D eigenvalue weighted by Crippen LogP contribution is 2.16. The smallest absolute Gasteiger partial charge is 0.244 e. The average molecular weight is 479 g/mol. The number of aromatic nitrogens is 1. The lowest BCUT2D eigenvalue weighted by atomic mass is 10.1. The van der Waals surface area contributed by atoms with Crippen LogP contribution < -0.4 is 10.6 Å². The van der Waals surface area contributed by atoms with Crippen molar-refractivity contribution in [2.45, 2.75) is 46.5 Å². The third-order valence-electron chi connectivity index (χ3n) is 4.13. The fraction of sp³-hybridized carbons (Fsp3) is 0.706. The van der Waals surface area contributed by atoms with E-state index in [4.69, 9.17) is 0 Å². The molecule has 1 aromatic heterocycles. The van der Waals surface area contributed by atoms with Crippen molar-refractivity contribution in [1.82, 2.24) is 20.5 Å². The maximum atomic E-state index is 12.2. The summed E-state index contributed by atoms with van der Waals surface area (Å²) in [4.78, 5) is 24.4. The van der Waals surface area contributed by atoms with Crippen molar-refractivity contribution in [3.63, 3.8) is 0 Å². The lowest BCUT2D eigenvalue weighted by molar-refractivity contribution is -0.130. The number of nitrogens with zero attached hydrogens (tertiary/aromatic N) is 3. The van der Waals surface area contributed by atoms with Crippen LogP contribution in [0.25, 0.3) is 0 Å². The van der Waals surface area contributed by atoms with E-state index in [1.54, 1.807) is 11.3 Å². The van der Waals surface area contributed by atoms with Crippen LogP contribution in [-0.2, 0) is 11.2 Å². The van der Waals surface area contributed by atoms with Crippen molar-refractivity contribution < 1.29 is 4.79 Å². The highest BCUT2D eigenvalue weighted by molar-refractivity contribution is 14.0. The fourth-order valence-electron chi connectivity index (χ4n) is 2.67. The van der Waals surface area contributed by atoms with Gasteiger partial charge in [0, 0.05) is 37.5 Å². The predicted octanol–water partition coefficient (Wildman–Crippen LogP) is 2.49. The van der Waals surface area contributed by atoms with E-state index in [1.807, 2.05) is 18.7 Å². The Bertz CT molecular complexity index is 550. The molecule has 0 aliphatic carbocycles. The van der Waals surface area contributed by atoms with E-state index in [2.05, 4.69) is 27.5 Å². The van der Waals surface area contributed by atoms with Crippen molar-refractivity contribution in [2.75, 3.05) is 32.7 Å². The summed E-state index contributed by atoms with van der Waals surface area (Å²) in [5.74, 6) is 0.825. The van der Waals surface area contributed by atoms with Gasteiger partial charge in [-0.15, -0.1) is 35.3 Å². The summed E-state index contributed by atoms with van der Waals surface area (Å²) in [6.45, 7) is 9.67. The van der Waals surface area contributed by atoms with E-state index in [9.17, 15) is 4.79 Å². The number of carbonyl (C=O) groups excluding carboxylic acids is 1. The molecule has 2 heterocycles. The van der Waals surface area contributed by atoms with Crippen molar-refractivity contribution in [3.05, 3.63) is 15.6 Å². The predicted molar refractivity (Wildman–Crippen MR) is 115 cm³/mol. The van der Waals surface area contributed by atoms with Gasteiger partial charge >= 0.3 is 0 Å². The molecular weight excluding hydrogens is 449 g/mol. The third-order valence-corrected chi connectivity index (χ3v) is 5.26. The summed E-state index contributed by atoms with van der Waals surface area (Å²) in [6, 6.07) is 0. The number of hydrogen-bond donors (Lipinski definition) is 2. The fourth-order valence-corrected chi connectivity index (χ4v) is 3.60. The van der Waals surface area contributed by atoms with E-state index < -0.39 is 0 Å². The first-order valence-electron chi connectivity index (χ1n) is 8.83. The molecule has 1 amide bonds. The summed E-state index contributed by atoms with van der Waals surface area (Å²) in [7, 11) is 0. The third kappa shape index (κ3) is 7.47. The minimum absolute atomic E-state index is 0. The maximum Gasteiger partial charge on any atom is 0.244 e. The number of carbonyl (C=O) groups is 1. The summed E-state index contributed by atoms with van der Waals surface area (Å²) in [5, 5.41) is 7.62. The molecule has 1 fully saturated rings. The first-order chi connectivity index (χ1) is 11.6. The van der Waals surface area contributed by atoms with Crippen molar-refractivity contribution in [3.8, 4) is 0 Å². The second kappa shape index (κ2) is 11.7. The number of hydrogen-bond acceptors (Lipinski definition) is 4. The number of halogens is 1. The van der Waals surface area contributed by atoms with Gasteiger partial charge in [0.05, 0.1) is 10.7 Å². The number of guanidine groups is 1. The molecule has 142 valence electrons. The monoisotopic (exact) mass is 479 g/mol. The number of aliphatic imine (C=N–C) groups is 1. The number of likely N-dealkylation sites (tertiary alicyclic amines) is 1. The zero-order valence-electron chi connectivity index (χ0n) is 15.4. The van der Waals surface area contributed by atoms with Gasteiger partial charge in [0.1, 0.15) is 6.54 Å². The van der Waals surface area contributed by atoms with E-state index in [-0.39, 0.29) is 36.4 Å². The highest BCUT2D eigenvalue weighted by atomic mass is 127. The molecule has 25 heavy (non-hydrogen) atoms. The quantitative estimate of drug-likeness (QED) is 0.374. The van der Waals surface area contributed by atoms with Crippen LogP contribution in [0.5, 0.6) is 0 Å². The Hall–Kier alpha value is -0.900. The maximum absolute atomic E-state index is 12.2. The topological polar surface area (TPSA) is 69.6 Å². The molecule has 2 N–H and O–H groups in total. The lowest BCUT2D eigenvalue weighted by Gasteiger charge is -2.26. The number of amides is 1. The largest absolute Gasteiger partial charge is 0.357 e. The van der Waals surface area contributed by atoms with Crippen LogP contribution in [0.2, 0.25) is 0 Å². The van der Waals surface area contributed by atoms with Gasteiger partial charge in [-0.25, -0.2) is 9.98 Å². The van der Waals surface area contributed by atoms with Gasteiger partial charge < -0.3 is 15.5 Å². The Labute approximate surface area is 171 Å². The minimum Gasteiger partial charge on any atom is -0.357 e. The summed E-state index contributed by atoms with van der Waals surface area (Å²) < 4.78 is 0. The molecule has 0 spiro atoms. The van der Waals surface area contributed by atoms with Crippen LogP contribution in [0, 0.1) is 13.8 Å². The summed E-state index contributed by atoms with van der Waals surface area (Å²) >= 11 is 1.74. The molecule has 1 aliphatic rings. The lowest BCUT2D eigenvalue weighted by Crippen LogP contribution is -2.41. The molecule has 1 aliphatic heterocycles. The second-order valence-corrected chi connectivity index (χ2v) is 7.35. The van der Waals surface area contributed by atoms with E-state index >= 15 is 0 Å². The molecular formula is C17H30IN5OS. The van der Waals surface area contributed by atoms with Gasteiger partial charge in [-0.1, -0.05) is 0 Å². The SMILES string of the molecule is CCNC(=NCC(=O)N1CCCCC1)NCCc1nc(C)c(C)s1.I. The van der Waals surface area contributed by atoms with Crippen molar-refractivity contribution >= 4 is 47.2 Å². The van der Waals surface area contributed by atoms with Crippen LogP contribution in [0.15, 0.2) is 4.99 Å². The zero-order valence-corrected chi connectivity index (χ0v) is 18.6. The molecule has 0 bridgehead atoms. The van der Waals surface area contributed by atoms with Gasteiger partial charge in [-0.05, 0) is 40.0 Å².